The number of urea groups is 1. The summed E-state index contributed by atoms with van der Waals surface area (Å²) in [6.45, 7) is 21.9. The molecule has 61 heavy (non-hydrogen) atoms. The molecule has 0 aliphatic rings. The minimum Gasteiger partial charge on any atom is -0.425 e. The molecule has 14 nitrogen and oxygen atoms in total. The first-order valence-corrected chi connectivity index (χ1v) is 22.6. The third-order valence-electron chi connectivity index (χ3n) is 9.61. The number of nitrogens with zero attached hydrogens (tertiary/aromatic N) is 1. The average Bonchev–Trinajstić information content (AvgIpc) is 3.18. The lowest BCUT2D eigenvalue weighted by Crippen LogP contribution is -2.50. The molecular weight excluding hydrogens is 799 g/mol. The number of benzene rings is 3. The Hall–Kier alpha value is -4.75. The SMILES string of the molecule is CC[C@@H](CC(=O)OC(OC(=O)[C@@H](NC(=O)[C@H](C)OP(=O)(O)OCc1ccccc1)C(C)C)C(C)C)c1ccc(N(CC(C)C)CC(C)C)c(NC(=O)Nc2ccc(C)cc2)c1. The molecule has 0 radical (unpaired) electrons. The third kappa shape index (κ3) is 17.3. The molecule has 3 aromatic carbocycles. The largest absolute Gasteiger partial charge is 0.473 e. The van der Waals surface area contributed by atoms with E-state index >= 15 is 0 Å². The van der Waals surface area contributed by atoms with Gasteiger partial charge < -0.3 is 35.2 Å². The van der Waals surface area contributed by atoms with E-state index in [2.05, 4.69) is 48.5 Å². The van der Waals surface area contributed by atoms with E-state index in [1.165, 1.54) is 6.92 Å². The van der Waals surface area contributed by atoms with Crippen LogP contribution in [0.2, 0.25) is 0 Å². The van der Waals surface area contributed by atoms with E-state index in [0.29, 0.717) is 35.2 Å². The van der Waals surface area contributed by atoms with Crippen LogP contribution in [0.15, 0.2) is 72.8 Å². The number of rotatable bonds is 23. The first-order valence-electron chi connectivity index (χ1n) is 21.1. The van der Waals surface area contributed by atoms with Gasteiger partial charge in [-0.2, -0.15) is 0 Å². The highest BCUT2D eigenvalue weighted by atomic mass is 31.2. The fourth-order valence-electron chi connectivity index (χ4n) is 6.40. The number of phosphoric ester groups is 1. The summed E-state index contributed by atoms with van der Waals surface area (Å²) in [6, 6.07) is 20.5. The molecule has 0 saturated carbocycles. The number of phosphoric acid groups is 1. The Bertz CT molecular complexity index is 1910. The number of amides is 3. The Labute approximate surface area is 362 Å². The van der Waals surface area contributed by atoms with Gasteiger partial charge in [0.15, 0.2) is 0 Å². The van der Waals surface area contributed by atoms with Gasteiger partial charge in [-0.1, -0.05) is 116 Å². The molecular formula is C46H67N4O10P. The highest BCUT2D eigenvalue weighted by Gasteiger charge is 2.35. The summed E-state index contributed by atoms with van der Waals surface area (Å²) in [6.07, 6.45) is -2.22. The second-order valence-electron chi connectivity index (χ2n) is 17.0. The van der Waals surface area contributed by atoms with E-state index in [9.17, 15) is 28.6 Å². The highest BCUT2D eigenvalue weighted by molar-refractivity contribution is 7.47. The molecule has 0 aliphatic carbocycles. The van der Waals surface area contributed by atoms with Crippen molar-refractivity contribution in [1.82, 2.24) is 5.32 Å². The van der Waals surface area contributed by atoms with Crippen molar-refractivity contribution in [3.63, 3.8) is 0 Å². The summed E-state index contributed by atoms with van der Waals surface area (Å²) in [7, 11) is -4.65. The van der Waals surface area contributed by atoms with Gasteiger partial charge in [0, 0.05) is 24.7 Å². The lowest BCUT2D eigenvalue weighted by Gasteiger charge is -2.31. The predicted octanol–water partition coefficient (Wildman–Crippen LogP) is 9.57. The minimum absolute atomic E-state index is 0.0416. The van der Waals surface area contributed by atoms with Crippen LogP contribution in [-0.4, -0.2) is 60.3 Å². The van der Waals surface area contributed by atoms with Crippen LogP contribution in [0.25, 0.3) is 0 Å². The highest BCUT2D eigenvalue weighted by Crippen LogP contribution is 2.45. The lowest BCUT2D eigenvalue weighted by molar-refractivity contribution is -0.198. The third-order valence-corrected chi connectivity index (χ3v) is 10.6. The van der Waals surface area contributed by atoms with Gasteiger partial charge in [-0.3, -0.25) is 18.6 Å². The zero-order valence-corrected chi connectivity index (χ0v) is 38.5. The molecule has 3 amide bonds. The molecule has 3 aromatic rings. The lowest BCUT2D eigenvalue weighted by atomic mass is 9.92. The zero-order valence-electron chi connectivity index (χ0n) is 37.6. The molecule has 15 heteroatoms. The number of carbonyl (C=O) groups is 4. The fourth-order valence-corrected chi connectivity index (χ4v) is 7.26. The number of hydrogen-bond acceptors (Lipinski definition) is 10. The molecule has 336 valence electrons. The fraction of sp³-hybridized carbons (Fsp3) is 0.522. The molecule has 4 N–H and O–H groups in total. The minimum atomic E-state index is -4.65. The van der Waals surface area contributed by atoms with Gasteiger partial charge in [0.05, 0.1) is 24.4 Å². The molecule has 3 rings (SSSR count). The van der Waals surface area contributed by atoms with Gasteiger partial charge >= 0.3 is 25.8 Å². The van der Waals surface area contributed by atoms with Gasteiger partial charge in [0.25, 0.3) is 0 Å². The van der Waals surface area contributed by atoms with Crippen molar-refractivity contribution in [1.29, 1.82) is 0 Å². The van der Waals surface area contributed by atoms with Crippen LogP contribution in [0.4, 0.5) is 21.9 Å². The summed E-state index contributed by atoms with van der Waals surface area (Å²) in [4.78, 5) is 66.1. The van der Waals surface area contributed by atoms with Crippen LogP contribution in [-0.2, 0) is 44.1 Å². The van der Waals surface area contributed by atoms with Crippen molar-refractivity contribution < 1.29 is 47.2 Å². The first-order chi connectivity index (χ1) is 28.7. The second-order valence-corrected chi connectivity index (χ2v) is 18.4. The topological polar surface area (TPSA) is 182 Å². The standard InChI is InChI=1S/C46H67N4O10P/c1-12-36(37-20-23-40(50(26-29(2)3)27-30(4)5)39(24-37)48-46(54)47-38-21-18-33(10)19-22-38)25-41(51)58-45(32(8)9)59-44(53)42(31(6)7)49-43(52)34(11)60-61(55,56)57-28-35-16-14-13-15-17-35/h13-24,29-32,34,36,42,45H,12,25-28H2,1-11H3,(H,49,52)(H,55,56)(H2,47,48,54)/t34-,36-,42-,45?/m0/s1. The van der Waals surface area contributed by atoms with Gasteiger partial charge in [0.1, 0.15) is 12.1 Å². The molecule has 0 saturated heterocycles. The van der Waals surface area contributed by atoms with E-state index in [1.54, 1.807) is 58.0 Å². The normalized spacial score (nSPS) is 14.5. The molecule has 0 fully saturated rings. The van der Waals surface area contributed by atoms with Gasteiger partial charge in [-0.05, 0) is 79.3 Å². The Balaban J connectivity index is 1.74. The number of ether oxygens (including phenoxy) is 2. The monoisotopic (exact) mass is 866 g/mol. The summed E-state index contributed by atoms with van der Waals surface area (Å²) in [5, 5.41) is 8.52. The van der Waals surface area contributed by atoms with Gasteiger partial charge in [-0.15, -0.1) is 0 Å². The maximum atomic E-state index is 13.6. The molecule has 0 bridgehead atoms. The molecule has 0 aliphatic heterocycles. The maximum absolute atomic E-state index is 13.6. The van der Waals surface area contributed by atoms with Gasteiger partial charge in [-0.25, -0.2) is 14.2 Å². The second kappa shape index (κ2) is 24.0. The van der Waals surface area contributed by atoms with Crippen LogP contribution >= 0.6 is 7.82 Å². The van der Waals surface area contributed by atoms with Crippen molar-refractivity contribution in [2.24, 2.45) is 23.7 Å². The summed E-state index contributed by atoms with van der Waals surface area (Å²) < 4.78 is 34.2. The van der Waals surface area contributed by atoms with Crippen molar-refractivity contribution in [3.05, 3.63) is 89.5 Å². The molecule has 0 heterocycles. The Morgan fingerprint density at radius 2 is 1.41 bits per heavy atom. The van der Waals surface area contributed by atoms with Crippen LogP contribution in [0.3, 0.4) is 0 Å². The van der Waals surface area contributed by atoms with Crippen LogP contribution in [0.5, 0.6) is 0 Å². The molecule has 5 atom stereocenters. The number of esters is 2. The Morgan fingerprint density at radius 3 is 1.97 bits per heavy atom. The van der Waals surface area contributed by atoms with Crippen molar-refractivity contribution in [2.75, 3.05) is 28.6 Å². The van der Waals surface area contributed by atoms with Gasteiger partial charge in [0.2, 0.25) is 12.2 Å². The van der Waals surface area contributed by atoms with Crippen molar-refractivity contribution in [3.8, 4) is 0 Å². The van der Waals surface area contributed by atoms with Crippen LogP contribution < -0.4 is 20.9 Å². The van der Waals surface area contributed by atoms with E-state index in [4.69, 9.17) is 18.5 Å². The quantitative estimate of drug-likeness (QED) is 0.0405. The van der Waals surface area contributed by atoms with Crippen molar-refractivity contribution in [2.45, 2.75) is 120 Å². The number of nitrogens with one attached hydrogen (secondary N) is 3. The predicted molar refractivity (Wildman–Crippen MR) is 239 cm³/mol. The van der Waals surface area contributed by atoms with Crippen LogP contribution in [0.1, 0.15) is 105 Å². The average molecular weight is 867 g/mol. The number of carbonyl (C=O) groups excluding carboxylic acids is 4. The molecule has 0 spiro atoms. The number of anilines is 3. The van der Waals surface area contributed by atoms with E-state index < -0.39 is 62.0 Å². The summed E-state index contributed by atoms with van der Waals surface area (Å²) in [5.74, 6) is -2.82. The van der Waals surface area contributed by atoms with Crippen molar-refractivity contribution >= 4 is 48.8 Å². The van der Waals surface area contributed by atoms with E-state index in [0.717, 1.165) is 29.9 Å². The summed E-state index contributed by atoms with van der Waals surface area (Å²) >= 11 is 0. The Kier molecular flexibility index (Phi) is 19.9. The number of aryl methyl sites for hydroxylation is 1. The van der Waals surface area contributed by atoms with Crippen LogP contribution in [0, 0.1) is 30.6 Å². The van der Waals surface area contributed by atoms with E-state index in [-0.39, 0.29) is 18.9 Å². The number of hydrogen-bond donors (Lipinski definition) is 4. The zero-order chi connectivity index (χ0) is 45.4. The first kappa shape index (κ1) is 50.6. The maximum Gasteiger partial charge on any atom is 0.473 e. The Morgan fingerprint density at radius 1 is 0.787 bits per heavy atom. The molecule has 2 unspecified atom stereocenters. The smallest absolute Gasteiger partial charge is 0.425 e. The summed E-state index contributed by atoms with van der Waals surface area (Å²) in [5.41, 5.74) is 4.65. The molecule has 0 aromatic heterocycles. The van der Waals surface area contributed by atoms with E-state index in [1.807, 2.05) is 56.3 Å².